The summed E-state index contributed by atoms with van der Waals surface area (Å²) in [6.07, 6.45) is 5.64. The first-order valence-corrected chi connectivity index (χ1v) is 12.6. The van der Waals surface area contributed by atoms with E-state index in [-0.39, 0.29) is 16.8 Å². The van der Waals surface area contributed by atoms with E-state index in [1.54, 1.807) is 18.4 Å². The number of nitrogens with zero attached hydrogens (tertiary/aromatic N) is 2. The van der Waals surface area contributed by atoms with Crippen molar-refractivity contribution >= 4 is 31.9 Å². The molecule has 0 spiro atoms. The van der Waals surface area contributed by atoms with Crippen molar-refractivity contribution in [2.24, 2.45) is 0 Å². The lowest BCUT2D eigenvalue weighted by Crippen LogP contribution is -2.36. The largest absolute Gasteiger partial charge is 0.468 e. The zero-order valence-electron chi connectivity index (χ0n) is 16.7. The molecular weight excluding hydrogens is 470 g/mol. The number of carbonyl (C=O) groups is 1. The van der Waals surface area contributed by atoms with Crippen LogP contribution in [0.3, 0.4) is 0 Å². The summed E-state index contributed by atoms with van der Waals surface area (Å²) in [5.74, 6) is 0.512. The Kier molecular flexibility index (Phi) is 6.62. The van der Waals surface area contributed by atoms with Crippen LogP contribution < -0.4 is 5.32 Å². The molecule has 3 heterocycles. The Morgan fingerprint density at radius 3 is 2.47 bits per heavy atom. The van der Waals surface area contributed by atoms with E-state index in [0.717, 1.165) is 44.5 Å². The quantitative estimate of drug-likeness (QED) is 0.636. The third-order valence-electron chi connectivity index (χ3n) is 5.79. The topological polar surface area (TPSA) is 82.9 Å². The van der Waals surface area contributed by atoms with Gasteiger partial charge in [0.1, 0.15) is 5.76 Å². The zero-order valence-corrected chi connectivity index (χ0v) is 19.1. The molecule has 1 amide bonds. The van der Waals surface area contributed by atoms with Crippen LogP contribution in [-0.4, -0.2) is 56.3 Å². The molecule has 0 bridgehead atoms. The first-order valence-electron chi connectivity index (χ1n) is 10.3. The highest BCUT2D eigenvalue weighted by Gasteiger charge is 2.29. The first kappa shape index (κ1) is 21.5. The highest BCUT2D eigenvalue weighted by molar-refractivity contribution is 9.10. The lowest BCUT2D eigenvalue weighted by molar-refractivity contribution is 0.0932. The molecule has 2 fully saturated rings. The Morgan fingerprint density at radius 2 is 1.80 bits per heavy atom. The van der Waals surface area contributed by atoms with E-state index in [1.165, 1.54) is 10.4 Å². The number of sulfonamides is 1. The number of likely N-dealkylation sites (tertiary alicyclic amines) is 1. The van der Waals surface area contributed by atoms with Gasteiger partial charge in [0.25, 0.3) is 5.91 Å². The molecule has 2 saturated heterocycles. The van der Waals surface area contributed by atoms with E-state index >= 15 is 0 Å². The molecular formula is C21H26BrN3O4S. The normalized spacial score (nSPS) is 19.2. The van der Waals surface area contributed by atoms with Gasteiger partial charge in [-0.1, -0.05) is 0 Å². The summed E-state index contributed by atoms with van der Waals surface area (Å²) in [6.45, 7) is 3.38. The van der Waals surface area contributed by atoms with Gasteiger partial charge in [-0.2, -0.15) is 4.31 Å². The average Bonchev–Trinajstić information content (AvgIpc) is 3.51. The fourth-order valence-electron chi connectivity index (χ4n) is 4.14. The summed E-state index contributed by atoms with van der Waals surface area (Å²) >= 11 is 3.40. The third-order valence-corrected chi connectivity index (χ3v) is 8.38. The van der Waals surface area contributed by atoms with Crippen LogP contribution in [-0.2, 0) is 10.0 Å². The second-order valence-electron chi connectivity index (χ2n) is 7.74. The van der Waals surface area contributed by atoms with Gasteiger partial charge in [0, 0.05) is 24.1 Å². The molecule has 9 heteroatoms. The molecule has 0 saturated carbocycles. The minimum absolute atomic E-state index is 0.0401. The summed E-state index contributed by atoms with van der Waals surface area (Å²) in [6, 6.07) is 8.37. The molecule has 1 aromatic carbocycles. The van der Waals surface area contributed by atoms with Crippen LogP contribution >= 0.6 is 15.9 Å². The van der Waals surface area contributed by atoms with E-state index in [2.05, 4.69) is 26.1 Å². The Balaban J connectivity index is 1.51. The fraction of sp³-hybridized carbons (Fsp3) is 0.476. The lowest BCUT2D eigenvalue weighted by atomic mass is 10.1. The Hall–Kier alpha value is -1.68. The van der Waals surface area contributed by atoms with Gasteiger partial charge in [-0.05, 0) is 85.0 Å². The van der Waals surface area contributed by atoms with Gasteiger partial charge in [-0.15, -0.1) is 0 Å². The second-order valence-corrected chi connectivity index (χ2v) is 10.5. The molecule has 0 radical (unpaired) electrons. The molecule has 7 nitrogen and oxygen atoms in total. The summed E-state index contributed by atoms with van der Waals surface area (Å²) in [7, 11) is -3.58. The molecule has 30 heavy (non-hydrogen) atoms. The smallest absolute Gasteiger partial charge is 0.252 e. The minimum atomic E-state index is -3.58. The molecule has 2 aromatic rings. The highest BCUT2D eigenvalue weighted by Crippen LogP contribution is 2.27. The molecule has 162 valence electrons. The minimum Gasteiger partial charge on any atom is -0.468 e. The first-order chi connectivity index (χ1) is 14.5. The standard InChI is InChI=1S/C21H26BrN3O4S/c22-18-8-7-16(30(27,28)25-11-3-4-12-25)14-17(18)21(26)23-15-19(20-6-5-13-29-20)24-9-1-2-10-24/h5-8,13-14,19H,1-4,9-12,15H2,(H,23,26)/t19-/m1/s1. The van der Waals surface area contributed by atoms with Crippen LogP contribution in [0.1, 0.15) is 47.8 Å². The zero-order chi connectivity index (χ0) is 21.1. The summed E-state index contributed by atoms with van der Waals surface area (Å²) in [5.41, 5.74) is 0.315. The number of nitrogens with one attached hydrogen (secondary N) is 1. The number of carbonyl (C=O) groups excluding carboxylic acids is 1. The van der Waals surface area contributed by atoms with Crippen LogP contribution in [0.4, 0.5) is 0 Å². The molecule has 0 aliphatic carbocycles. The van der Waals surface area contributed by atoms with Crippen molar-refractivity contribution in [3.8, 4) is 0 Å². The van der Waals surface area contributed by atoms with Crippen LogP contribution in [0.15, 0.2) is 50.4 Å². The van der Waals surface area contributed by atoms with Crippen molar-refractivity contribution in [2.75, 3.05) is 32.7 Å². The number of halogens is 1. The van der Waals surface area contributed by atoms with E-state index in [9.17, 15) is 13.2 Å². The number of amides is 1. The molecule has 2 aliphatic heterocycles. The maximum Gasteiger partial charge on any atom is 0.252 e. The maximum atomic E-state index is 13.0. The van der Waals surface area contributed by atoms with Crippen LogP contribution in [0.5, 0.6) is 0 Å². The van der Waals surface area contributed by atoms with E-state index in [1.807, 2.05) is 12.1 Å². The predicted octanol–water partition coefficient (Wildman–Crippen LogP) is 3.39. The second kappa shape index (κ2) is 9.21. The lowest BCUT2D eigenvalue weighted by Gasteiger charge is -2.26. The maximum absolute atomic E-state index is 13.0. The van der Waals surface area contributed by atoms with Gasteiger partial charge in [0.2, 0.25) is 10.0 Å². The number of benzene rings is 1. The van der Waals surface area contributed by atoms with Crippen LogP contribution in [0.2, 0.25) is 0 Å². The molecule has 2 aliphatic rings. The van der Waals surface area contributed by atoms with Gasteiger partial charge in [0.15, 0.2) is 0 Å². The van der Waals surface area contributed by atoms with E-state index in [4.69, 9.17) is 4.42 Å². The summed E-state index contributed by atoms with van der Waals surface area (Å²) in [4.78, 5) is 15.4. The summed E-state index contributed by atoms with van der Waals surface area (Å²) < 4.78 is 33.4. The van der Waals surface area contributed by atoms with Crippen molar-refractivity contribution in [3.63, 3.8) is 0 Å². The Bertz CT molecular complexity index is 982. The number of rotatable bonds is 7. The number of hydrogen-bond acceptors (Lipinski definition) is 5. The van der Waals surface area contributed by atoms with Crippen molar-refractivity contribution in [2.45, 2.75) is 36.6 Å². The van der Waals surface area contributed by atoms with E-state index < -0.39 is 10.0 Å². The summed E-state index contributed by atoms with van der Waals surface area (Å²) in [5, 5.41) is 2.97. The van der Waals surface area contributed by atoms with Gasteiger partial charge in [0.05, 0.1) is 22.8 Å². The molecule has 1 N–H and O–H groups in total. The molecule has 1 aromatic heterocycles. The van der Waals surface area contributed by atoms with Gasteiger partial charge in [-0.3, -0.25) is 9.69 Å². The van der Waals surface area contributed by atoms with Gasteiger partial charge in [-0.25, -0.2) is 8.42 Å². The van der Waals surface area contributed by atoms with E-state index in [0.29, 0.717) is 29.7 Å². The third kappa shape index (κ3) is 4.49. The van der Waals surface area contributed by atoms with Crippen LogP contribution in [0.25, 0.3) is 0 Å². The molecule has 1 atom stereocenters. The molecule has 4 rings (SSSR count). The van der Waals surface area contributed by atoms with Crippen molar-refractivity contribution in [1.82, 2.24) is 14.5 Å². The Labute approximate surface area is 185 Å². The SMILES string of the molecule is O=C(NC[C@H](c1ccco1)N1CCCC1)c1cc(S(=O)(=O)N2CCCC2)ccc1Br. The highest BCUT2D eigenvalue weighted by atomic mass is 79.9. The number of furan rings is 1. The Morgan fingerprint density at radius 1 is 1.10 bits per heavy atom. The average molecular weight is 496 g/mol. The van der Waals surface area contributed by atoms with Crippen molar-refractivity contribution in [1.29, 1.82) is 0 Å². The fourth-order valence-corrected chi connectivity index (χ4v) is 6.12. The predicted molar refractivity (Wildman–Crippen MR) is 117 cm³/mol. The molecule has 0 unspecified atom stereocenters. The van der Waals surface area contributed by atoms with Crippen LogP contribution in [0, 0.1) is 0 Å². The number of hydrogen-bond donors (Lipinski definition) is 1. The van der Waals surface area contributed by atoms with Crippen molar-refractivity contribution < 1.29 is 17.6 Å². The van der Waals surface area contributed by atoms with Gasteiger partial charge >= 0.3 is 0 Å². The van der Waals surface area contributed by atoms with Gasteiger partial charge < -0.3 is 9.73 Å². The monoisotopic (exact) mass is 495 g/mol. The van der Waals surface area contributed by atoms with Crippen molar-refractivity contribution in [3.05, 3.63) is 52.4 Å².